The lowest BCUT2D eigenvalue weighted by Crippen LogP contribution is -2.44. The number of benzene rings is 1. The van der Waals surface area contributed by atoms with E-state index in [1.807, 2.05) is 33.8 Å². The second-order valence-electron chi connectivity index (χ2n) is 10.2. The van der Waals surface area contributed by atoms with Crippen molar-refractivity contribution < 1.29 is 19.1 Å². The largest absolute Gasteiger partial charge is 0.448 e. The first-order valence-corrected chi connectivity index (χ1v) is 12.5. The molecule has 1 fully saturated rings. The van der Waals surface area contributed by atoms with Gasteiger partial charge < -0.3 is 14.4 Å². The van der Waals surface area contributed by atoms with Crippen LogP contribution in [0.15, 0.2) is 22.8 Å². The van der Waals surface area contributed by atoms with Crippen LogP contribution >= 0.6 is 11.6 Å². The lowest BCUT2D eigenvalue weighted by Gasteiger charge is -2.34. The molecule has 4 aliphatic rings. The maximum absolute atomic E-state index is 13.6. The van der Waals surface area contributed by atoms with Crippen LogP contribution in [0.2, 0.25) is 5.02 Å². The third-order valence-corrected chi connectivity index (χ3v) is 8.24. The lowest BCUT2D eigenvalue weighted by atomic mass is 9.84. The minimum absolute atomic E-state index is 0.0901. The number of ether oxygens (including phenoxy) is 2. The van der Waals surface area contributed by atoms with Crippen molar-refractivity contribution in [3.63, 3.8) is 0 Å². The zero-order valence-electron chi connectivity index (χ0n) is 20.0. The summed E-state index contributed by atoms with van der Waals surface area (Å²) in [6.07, 6.45) is 8.87. The molecule has 0 aromatic heterocycles. The van der Waals surface area contributed by atoms with Gasteiger partial charge in [0.1, 0.15) is 0 Å². The molecule has 1 saturated carbocycles. The van der Waals surface area contributed by atoms with Gasteiger partial charge in [0, 0.05) is 43.5 Å². The number of carbonyl (C=O) groups is 2. The fourth-order valence-electron chi connectivity index (χ4n) is 5.96. The molecule has 0 N–H and O–H groups in total. The van der Waals surface area contributed by atoms with Gasteiger partial charge in [-0.25, -0.2) is 0 Å². The first-order valence-electron chi connectivity index (χ1n) is 12.1. The van der Waals surface area contributed by atoms with E-state index in [-0.39, 0.29) is 11.7 Å². The van der Waals surface area contributed by atoms with Crippen molar-refractivity contribution >= 4 is 23.3 Å². The Kier molecular flexibility index (Phi) is 5.59. The molecule has 1 amide bonds. The number of Topliss-reactive ketones (excluding diaryl/α,β-unsaturated/α-hetero) is 1. The predicted molar refractivity (Wildman–Crippen MR) is 128 cm³/mol. The van der Waals surface area contributed by atoms with Crippen molar-refractivity contribution in [2.75, 3.05) is 13.1 Å². The topological polar surface area (TPSA) is 55.8 Å². The number of hydrogen-bond donors (Lipinski definition) is 0. The zero-order chi connectivity index (χ0) is 23.5. The van der Waals surface area contributed by atoms with Crippen molar-refractivity contribution in [2.45, 2.75) is 78.4 Å². The molecular weight excluding hydrogens is 438 g/mol. The Balaban J connectivity index is 1.47. The molecule has 0 spiro atoms. The van der Waals surface area contributed by atoms with Gasteiger partial charge in [0.2, 0.25) is 0 Å². The highest BCUT2D eigenvalue weighted by Gasteiger charge is 2.48. The van der Waals surface area contributed by atoms with E-state index in [9.17, 15) is 9.59 Å². The normalized spacial score (nSPS) is 25.5. The van der Waals surface area contributed by atoms with E-state index >= 15 is 0 Å². The van der Waals surface area contributed by atoms with Crippen molar-refractivity contribution in [2.24, 2.45) is 5.92 Å². The highest BCUT2D eigenvalue weighted by molar-refractivity contribution is 6.34. The number of carbonyl (C=O) groups excluding carboxylic acids is 2. The number of ketones is 1. The van der Waals surface area contributed by atoms with Crippen LogP contribution in [0.5, 0.6) is 11.5 Å². The van der Waals surface area contributed by atoms with Crippen LogP contribution in [0, 0.1) is 12.8 Å². The smallest absolute Gasteiger partial charge is 0.254 e. The molecule has 1 aromatic carbocycles. The van der Waals surface area contributed by atoms with E-state index in [2.05, 4.69) is 0 Å². The van der Waals surface area contributed by atoms with Crippen LogP contribution in [-0.2, 0) is 11.2 Å². The molecule has 33 heavy (non-hydrogen) atoms. The van der Waals surface area contributed by atoms with E-state index in [0.717, 1.165) is 40.7 Å². The van der Waals surface area contributed by atoms with Crippen LogP contribution in [0.25, 0.3) is 0 Å². The Morgan fingerprint density at radius 2 is 1.79 bits per heavy atom. The predicted octanol–water partition coefficient (Wildman–Crippen LogP) is 5.95. The Morgan fingerprint density at radius 1 is 1.09 bits per heavy atom. The van der Waals surface area contributed by atoms with Gasteiger partial charge in [-0.1, -0.05) is 42.5 Å². The number of allylic oxidation sites excluding steroid dienone is 3. The molecule has 0 bridgehead atoms. The van der Waals surface area contributed by atoms with E-state index in [0.29, 0.717) is 53.9 Å². The molecule has 0 saturated heterocycles. The summed E-state index contributed by atoms with van der Waals surface area (Å²) in [5, 5.41) is 0.501. The average Bonchev–Trinajstić information content (AvgIpc) is 3.15. The molecule has 2 aliphatic carbocycles. The molecule has 1 aromatic rings. The maximum atomic E-state index is 13.6. The van der Waals surface area contributed by atoms with E-state index in [1.165, 1.54) is 19.3 Å². The lowest BCUT2D eigenvalue weighted by molar-refractivity contribution is -0.120. The average molecular weight is 470 g/mol. The van der Waals surface area contributed by atoms with E-state index in [1.54, 1.807) is 4.90 Å². The standard InChI is InChI=1S/C27H32ClNO4/c1-15-12-16(2)20(21(30)13-15)14-29-11-10-19-22(26(29)31)17(3)24-25(23(19)28)33-27(4,32-24)18-8-6-5-7-9-18/h12,18H,5-11,13-14H2,1-4H3. The molecule has 2 aliphatic heterocycles. The number of rotatable bonds is 3. The van der Waals surface area contributed by atoms with Gasteiger partial charge in [-0.05, 0) is 51.2 Å². The van der Waals surface area contributed by atoms with E-state index < -0.39 is 5.79 Å². The van der Waals surface area contributed by atoms with Gasteiger partial charge in [0.05, 0.1) is 10.6 Å². The Morgan fingerprint density at radius 3 is 2.48 bits per heavy atom. The second-order valence-corrected chi connectivity index (χ2v) is 10.6. The Bertz CT molecular complexity index is 1110. The summed E-state index contributed by atoms with van der Waals surface area (Å²) in [6, 6.07) is 0. The molecule has 1 unspecified atom stereocenters. The number of amides is 1. The number of hydrogen-bond acceptors (Lipinski definition) is 4. The third-order valence-electron chi connectivity index (χ3n) is 7.84. The highest BCUT2D eigenvalue weighted by Crippen LogP contribution is 2.53. The summed E-state index contributed by atoms with van der Waals surface area (Å²) >= 11 is 6.83. The van der Waals surface area contributed by atoms with Gasteiger partial charge in [0.15, 0.2) is 17.3 Å². The molecule has 1 atom stereocenters. The molecule has 5 nitrogen and oxygen atoms in total. The fourth-order valence-corrected chi connectivity index (χ4v) is 6.28. The summed E-state index contributed by atoms with van der Waals surface area (Å²) in [5.74, 6) is 0.767. The summed E-state index contributed by atoms with van der Waals surface area (Å²) in [5.41, 5.74) is 4.97. The summed E-state index contributed by atoms with van der Waals surface area (Å²) < 4.78 is 12.8. The zero-order valence-corrected chi connectivity index (χ0v) is 20.7. The molecule has 0 radical (unpaired) electrons. The molecule has 2 heterocycles. The first-order chi connectivity index (χ1) is 15.7. The van der Waals surface area contributed by atoms with Crippen molar-refractivity contribution in [3.8, 4) is 11.5 Å². The van der Waals surface area contributed by atoms with Crippen LogP contribution in [0.4, 0.5) is 0 Å². The number of fused-ring (bicyclic) bond motifs is 2. The van der Waals surface area contributed by atoms with Crippen LogP contribution in [0.1, 0.15) is 80.8 Å². The van der Waals surface area contributed by atoms with Crippen molar-refractivity contribution in [3.05, 3.63) is 44.5 Å². The Hall–Kier alpha value is -2.27. The molecule has 176 valence electrons. The van der Waals surface area contributed by atoms with Crippen LogP contribution in [-0.4, -0.2) is 35.5 Å². The molecule has 5 rings (SSSR count). The molecular formula is C27H32ClNO4. The van der Waals surface area contributed by atoms with Gasteiger partial charge in [-0.2, -0.15) is 0 Å². The highest BCUT2D eigenvalue weighted by atomic mass is 35.5. The van der Waals surface area contributed by atoms with Gasteiger partial charge in [0.25, 0.3) is 11.7 Å². The number of nitrogens with zero attached hydrogens (tertiary/aromatic N) is 1. The first kappa shape index (κ1) is 22.5. The summed E-state index contributed by atoms with van der Waals surface area (Å²) in [6.45, 7) is 8.70. The molecule has 6 heteroatoms. The van der Waals surface area contributed by atoms with Crippen LogP contribution < -0.4 is 9.47 Å². The minimum Gasteiger partial charge on any atom is -0.448 e. The summed E-state index contributed by atoms with van der Waals surface area (Å²) in [4.78, 5) is 28.0. The quantitative estimate of drug-likeness (QED) is 0.548. The SMILES string of the molecule is CC1=CC(C)=C(CN2CCc3c(Cl)c4c(c(C)c3C2=O)OC(C)(C2CCCCC2)O4)C(=O)C1. The third kappa shape index (κ3) is 3.69. The van der Waals surface area contributed by atoms with Crippen molar-refractivity contribution in [1.82, 2.24) is 4.90 Å². The minimum atomic E-state index is -0.746. The second kappa shape index (κ2) is 8.19. The van der Waals surface area contributed by atoms with Crippen molar-refractivity contribution in [1.29, 1.82) is 0 Å². The van der Waals surface area contributed by atoms with Crippen LogP contribution in [0.3, 0.4) is 0 Å². The van der Waals surface area contributed by atoms with E-state index in [4.69, 9.17) is 21.1 Å². The maximum Gasteiger partial charge on any atom is 0.254 e. The fraction of sp³-hybridized carbons (Fsp3) is 0.556. The van der Waals surface area contributed by atoms with Gasteiger partial charge in [-0.15, -0.1) is 0 Å². The monoisotopic (exact) mass is 469 g/mol. The Labute approximate surface area is 200 Å². The van der Waals surface area contributed by atoms with Gasteiger partial charge >= 0.3 is 0 Å². The van der Waals surface area contributed by atoms with Gasteiger partial charge in [-0.3, -0.25) is 9.59 Å². The summed E-state index contributed by atoms with van der Waals surface area (Å²) in [7, 11) is 0. The number of halogens is 1.